The van der Waals surface area contributed by atoms with Crippen molar-refractivity contribution in [2.75, 3.05) is 72.6 Å². The highest BCUT2D eigenvalue weighted by molar-refractivity contribution is 9.11. The number of para-hydroxylation sites is 1. The lowest BCUT2D eigenvalue weighted by Crippen LogP contribution is -2.38. The molecule has 6 aliphatic heterocycles. The first-order valence-electron chi connectivity index (χ1n) is 46.4. The van der Waals surface area contributed by atoms with Crippen LogP contribution in [0.1, 0.15) is 144 Å². The number of benzene rings is 12. The molecule has 19 nitrogen and oxygen atoms in total. The van der Waals surface area contributed by atoms with Crippen molar-refractivity contribution >= 4 is 236 Å². The molecule has 728 valence electrons. The quantitative estimate of drug-likeness (QED) is 0.0568. The van der Waals surface area contributed by atoms with Crippen LogP contribution in [-0.2, 0) is 38.5 Å². The van der Waals surface area contributed by atoms with Gasteiger partial charge in [-0.2, -0.15) is 0 Å². The summed E-state index contributed by atoms with van der Waals surface area (Å²) in [6.45, 7) is 7.38. The van der Waals surface area contributed by atoms with Crippen LogP contribution in [0.5, 0.6) is 40.2 Å². The van der Waals surface area contributed by atoms with E-state index in [1.807, 2.05) is 97.3 Å². The standard InChI is InChI=1S/C21H21ClN2OS2.C20H19ClN2OS2.C18H17BrN2O2.C17H14Br2N2O.C17H14BrClN2O.C17H14BrFN2O/c1-3-27-21(26)24-11-10-16-17-12-14(22)6-9-18(17)23-19(16)20(24)13-4-7-15(25-2)8-5-13;1-24-14-6-3-12(4-7-14)19-18-15(9-10-23(19)20(25)26-2)16-11-13(21)5-8-17(16)22-18;1-23-16-5-2-10(8-15(16)22)17-18-12(6-7-20-17)13-9-11(19)3-4-14(13)21-18;2*18-9-1-3-14-12(7-9)11-5-6-20-16(17(11)21-14)13-8-10(19)2-4-15(13)22;18-9-4-5-14-12(8-9)10-6-7-20-15(16(10)21-14)11-2-1-3-13(19)17(11)22/h4-9,12,20,23H,3,10-11H2,1-2H3;3-8,11,19,22H,9-10H2,1-2H3;2-5,8-9,17,20-22H,6-7H2,1H3;2*1-4,7-8,16,20-22H,5-6H2;1-5,8,15,20-22H,6-7H2. The van der Waals surface area contributed by atoms with Crippen molar-refractivity contribution in [1.82, 2.24) is 61.0 Å². The van der Waals surface area contributed by atoms with E-state index in [1.165, 1.54) is 100.0 Å². The Morgan fingerprint density at radius 3 is 1.13 bits per heavy atom. The van der Waals surface area contributed by atoms with Crippen LogP contribution in [0.4, 0.5) is 4.39 Å². The number of hydrogen-bond acceptors (Lipinski definition) is 15. The normalized spacial score (nSPS) is 17.1. The number of H-pyrrole nitrogens is 6. The third-order valence-corrected chi connectivity index (χ3v) is 32.9. The van der Waals surface area contributed by atoms with Gasteiger partial charge in [0.1, 0.15) is 31.6 Å². The predicted octanol–water partition coefficient (Wildman–Crippen LogP) is 28.3. The van der Waals surface area contributed by atoms with Gasteiger partial charge in [0, 0.05) is 193 Å². The van der Waals surface area contributed by atoms with Gasteiger partial charge in [-0.25, -0.2) is 4.39 Å². The number of thioether (sulfide) groups is 2. The van der Waals surface area contributed by atoms with E-state index < -0.39 is 5.82 Å². The maximum absolute atomic E-state index is 13.7. The van der Waals surface area contributed by atoms with Gasteiger partial charge in [0.05, 0.1) is 57.6 Å². The molecule has 142 heavy (non-hydrogen) atoms. The largest absolute Gasteiger partial charge is 0.508 e. The molecule has 0 saturated carbocycles. The Hall–Kier alpha value is -10.0. The van der Waals surface area contributed by atoms with Crippen LogP contribution in [-0.4, -0.2) is 141 Å². The number of aromatic hydroxyl groups is 4. The van der Waals surface area contributed by atoms with Gasteiger partial charge in [-0.15, -0.1) is 11.8 Å². The molecule has 0 aliphatic carbocycles. The first kappa shape index (κ1) is 101. The van der Waals surface area contributed by atoms with Crippen LogP contribution in [0.2, 0.25) is 15.1 Å². The van der Waals surface area contributed by atoms with E-state index in [2.05, 4.69) is 239 Å². The lowest BCUT2D eigenvalue weighted by molar-refractivity contribution is 0.345. The number of phenols is 4. The van der Waals surface area contributed by atoms with Crippen molar-refractivity contribution in [3.8, 4) is 40.2 Å². The van der Waals surface area contributed by atoms with E-state index in [1.54, 1.807) is 87.3 Å². The second-order valence-corrected chi connectivity index (χ2v) is 44.4. The van der Waals surface area contributed by atoms with E-state index in [0.29, 0.717) is 22.1 Å². The van der Waals surface area contributed by atoms with Crippen LogP contribution < -0.4 is 35.5 Å². The number of ether oxygens (including phenoxy) is 3. The number of rotatable bonds is 10. The summed E-state index contributed by atoms with van der Waals surface area (Å²) in [5, 5.41) is 64.0. The molecule has 12 aromatic carbocycles. The third kappa shape index (κ3) is 20.9. The fraction of sp³-hybridized carbons (Fsp3) is 0.218. The number of methoxy groups -OCH3 is 3. The second-order valence-electron chi connectivity index (χ2n) is 35.2. The van der Waals surface area contributed by atoms with Gasteiger partial charge in [-0.3, -0.25) is 0 Å². The van der Waals surface area contributed by atoms with Crippen molar-refractivity contribution < 1.29 is 39.0 Å². The highest BCUT2D eigenvalue weighted by atomic mass is 79.9. The van der Waals surface area contributed by atoms with Gasteiger partial charge in [0.25, 0.3) is 0 Å². The molecule has 0 bridgehead atoms. The molecule has 18 aromatic rings. The molecular weight excluding hydrogens is 2250 g/mol. The number of aromatic nitrogens is 6. The molecule has 12 heterocycles. The summed E-state index contributed by atoms with van der Waals surface area (Å²) in [6, 6.07) is 74.4. The number of fused-ring (bicyclic) bond motifs is 18. The summed E-state index contributed by atoms with van der Waals surface area (Å²) in [7, 11) is 4.93. The highest BCUT2D eigenvalue weighted by Gasteiger charge is 2.38. The average molecular weight is 2350 g/mol. The number of hydrogen-bond donors (Lipinski definition) is 14. The zero-order valence-electron chi connectivity index (χ0n) is 77.5. The monoisotopic (exact) mass is 2350 g/mol. The summed E-state index contributed by atoms with van der Waals surface area (Å²) in [5.41, 5.74) is 27.1. The topological polar surface area (TPSA) is 258 Å². The maximum atomic E-state index is 13.7. The summed E-state index contributed by atoms with van der Waals surface area (Å²) < 4.78 is 36.6. The number of halogens is 9. The van der Waals surface area contributed by atoms with Crippen molar-refractivity contribution in [2.45, 2.75) is 81.7 Å². The Labute approximate surface area is 897 Å². The lowest BCUT2D eigenvalue weighted by Gasteiger charge is -2.37. The molecular formula is C110H99Br5Cl3FN12O7S4. The highest BCUT2D eigenvalue weighted by Crippen LogP contribution is 2.48. The van der Waals surface area contributed by atoms with Crippen LogP contribution >= 0.6 is 162 Å². The van der Waals surface area contributed by atoms with Gasteiger partial charge in [0.2, 0.25) is 0 Å². The molecule has 0 amide bonds. The number of phenolic OH excluding ortho intramolecular Hbond substituents is 4. The first-order valence-corrected chi connectivity index (χ1v) is 54.6. The molecule has 14 N–H and O–H groups in total. The zero-order chi connectivity index (χ0) is 99.0. The van der Waals surface area contributed by atoms with Crippen LogP contribution in [0.3, 0.4) is 0 Å². The van der Waals surface area contributed by atoms with E-state index in [-0.39, 0.29) is 53.5 Å². The molecule has 0 fully saturated rings. The minimum atomic E-state index is -0.592. The van der Waals surface area contributed by atoms with E-state index in [0.717, 1.165) is 203 Å². The Morgan fingerprint density at radius 2 is 0.718 bits per heavy atom. The average Bonchev–Trinajstić information content (AvgIpc) is 1.60. The van der Waals surface area contributed by atoms with Crippen molar-refractivity contribution in [3.05, 3.63) is 375 Å². The molecule has 0 spiro atoms. The van der Waals surface area contributed by atoms with Crippen molar-refractivity contribution in [3.63, 3.8) is 0 Å². The minimum absolute atomic E-state index is 0.0209. The number of nitrogens with zero attached hydrogens (tertiary/aromatic N) is 2. The lowest BCUT2D eigenvalue weighted by atomic mass is 9.93. The van der Waals surface area contributed by atoms with Crippen molar-refractivity contribution in [2.24, 2.45) is 0 Å². The fourth-order valence-electron chi connectivity index (χ4n) is 20.5. The van der Waals surface area contributed by atoms with Crippen molar-refractivity contribution in [1.29, 1.82) is 0 Å². The van der Waals surface area contributed by atoms with Gasteiger partial charge >= 0.3 is 0 Å². The van der Waals surface area contributed by atoms with Gasteiger partial charge in [-0.1, -0.05) is 200 Å². The molecule has 0 radical (unpaired) electrons. The fourth-order valence-corrected chi connectivity index (χ4v) is 24.7. The molecule has 0 saturated heterocycles. The predicted molar refractivity (Wildman–Crippen MR) is 604 cm³/mol. The Morgan fingerprint density at radius 1 is 0.373 bits per heavy atom. The van der Waals surface area contributed by atoms with E-state index in [4.69, 9.17) is 73.4 Å². The molecule has 6 aromatic heterocycles. The number of thiocarbonyl (C=S) groups is 2. The first-order chi connectivity index (χ1) is 68.8. The Kier molecular flexibility index (Phi) is 31.3. The number of aromatic amines is 6. The van der Waals surface area contributed by atoms with Gasteiger partial charge < -0.3 is 95.6 Å². The Balaban J connectivity index is 0.000000108. The smallest absolute Gasteiger partial charge is 0.165 e. The van der Waals surface area contributed by atoms with E-state index >= 15 is 0 Å². The molecule has 24 rings (SSSR count). The summed E-state index contributed by atoms with van der Waals surface area (Å²) >= 11 is 51.0. The zero-order valence-corrected chi connectivity index (χ0v) is 91.0. The minimum Gasteiger partial charge on any atom is -0.508 e. The molecule has 6 aliphatic rings. The maximum Gasteiger partial charge on any atom is 0.165 e. The summed E-state index contributed by atoms with van der Waals surface area (Å²) in [6.07, 6.45) is 7.77. The SMILES string of the molecule is CCSC(=S)N1CCc2c([nH]c3ccc(Cl)cc23)C1c1ccc(OC)cc1.COc1ccc(C2NCCc3c2[nH]c2ccc(Br)cc32)cc1O.COc1ccc(C2c3[nH]c4ccc(Cl)cc4c3CCN2C(=S)SC)cc1.Oc1c(F)cccc1C1NCCc2c1[nH]c1ccc(Br)cc21.Oc1ccc(Br)cc1C1NCCc2c1[nH]c1ccc(Br)cc21.Oc1ccc(Cl)cc1C1NCCc2c1[nH]c1ccc(Br)cc21. The third-order valence-electron chi connectivity index (χ3n) is 27.1. The van der Waals surface area contributed by atoms with Crippen LogP contribution in [0.15, 0.2) is 253 Å². The molecule has 6 atom stereocenters. The molecule has 32 heteroatoms. The second kappa shape index (κ2) is 44.1. The summed E-state index contributed by atoms with van der Waals surface area (Å²) in [5.74, 6) is 3.03. The Bertz CT molecular complexity index is 7540. The van der Waals surface area contributed by atoms with Crippen LogP contribution in [0, 0.1) is 5.82 Å². The van der Waals surface area contributed by atoms with Gasteiger partial charge in [-0.05, 0) is 289 Å². The number of nitrogens with one attached hydrogen (secondary N) is 10. The molecule has 6 unspecified atom stereocenters. The van der Waals surface area contributed by atoms with Crippen LogP contribution in [0.25, 0.3) is 65.4 Å². The van der Waals surface area contributed by atoms with E-state index in [9.17, 15) is 24.8 Å². The summed E-state index contributed by atoms with van der Waals surface area (Å²) in [4.78, 5) is 25.9. The van der Waals surface area contributed by atoms with Gasteiger partial charge in [0.15, 0.2) is 23.1 Å².